The van der Waals surface area contributed by atoms with E-state index in [0.29, 0.717) is 0 Å². The van der Waals surface area contributed by atoms with Crippen molar-refractivity contribution in [1.82, 2.24) is 0 Å². The van der Waals surface area contributed by atoms with Crippen molar-refractivity contribution in [2.75, 3.05) is 0 Å². The molecule has 4 aromatic carbocycles. The largest absolute Gasteiger partial charge is 0.0654 e. The molecule has 0 spiro atoms. The van der Waals surface area contributed by atoms with Crippen LogP contribution in [0.25, 0.3) is 32.7 Å². The van der Waals surface area contributed by atoms with Gasteiger partial charge in [0, 0.05) is 5.41 Å². The quantitative estimate of drug-likeness (QED) is 0.248. The first-order valence-corrected chi connectivity index (χ1v) is 13.7. The van der Waals surface area contributed by atoms with Gasteiger partial charge in [-0.3, -0.25) is 0 Å². The minimum absolute atomic E-state index is 0.201. The van der Waals surface area contributed by atoms with Gasteiger partial charge in [-0.25, -0.2) is 0 Å². The zero-order chi connectivity index (χ0) is 23.3. The van der Waals surface area contributed by atoms with E-state index in [2.05, 4.69) is 75.4 Å². The fraction of sp³-hybridized carbons (Fsp3) is 0.412. The van der Waals surface area contributed by atoms with Crippen LogP contribution in [-0.2, 0) is 11.8 Å². The summed E-state index contributed by atoms with van der Waals surface area (Å²) in [6.45, 7) is 7.04. The van der Waals surface area contributed by atoms with Gasteiger partial charge in [-0.1, -0.05) is 100 Å². The van der Waals surface area contributed by atoms with Crippen molar-refractivity contribution < 1.29 is 0 Å². The third-order valence-electron chi connectivity index (χ3n) is 9.09. The summed E-state index contributed by atoms with van der Waals surface area (Å²) >= 11 is 0. The summed E-state index contributed by atoms with van der Waals surface area (Å²) in [5.74, 6) is 0. The van der Waals surface area contributed by atoms with Crippen molar-refractivity contribution >= 4 is 21.5 Å². The molecule has 1 unspecified atom stereocenters. The van der Waals surface area contributed by atoms with Crippen LogP contribution in [0, 0.1) is 13.8 Å². The number of fused-ring (bicyclic) bond motifs is 7. The molecule has 0 nitrogen and oxygen atoms in total. The smallest absolute Gasteiger partial charge is 0.0218 e. The minimum Gasteiger partial charge on any atom is -0.0654 e. The van der Waals surface area contributed by atoms with E-state index in [9.17, 15) is 0 Å². The molecule has 2 aliphatic rings. The normalized spacial score (nSPS) is 18.4. The fourth-order valence-corrected chi connectivity index (χ4v) is 7.52. The summed E-state index contributed by atoms with van der Waals surface area (Å²) < 4.78 is 0. The molecule has 174 valence electrons. The van der Waals surface area contributed by atoms with Crippen molar-refractivity contribution in [3.63, 3.8) is 0 Å². The molecule has 2 aliphatic carbocycles. The van der Waals surface area contributed by atoms with Crippen LogP contribution in [0.15, 0.2) is 54.6 Å². The van der Waals surface area contributed by atoms with E-state index in [-0.39, 0.29) is 5.41 Å². The maximum absolute atomic E-state index is 2.59. The molecular formula is C34H38. The Morgan fingerprint density at radius 2 is 1.38 bits per heavy atom. The number of aryl methyl sites for hydroxylation is 2. The Morgan fingerprint density at radius 3 is 2.15 bits per heavy atom. The molecule has 4 aromatic rings. The maximum Gasteiger partial charge on any atom is 0.0218 e. The highest BCUT2D eigenvalue weighted by Crippen LogP contribution is 2.61. The second-order valence-corrected chi connectivity index (χ2v) is 11.0. The first-order valence-electron chi connectivity index (χ1n) is 13.7. The minimum atomic E-state index is 0.201. The number of rotatable bonds is 7. The molecule has 0 fully saturated rings. The molecule has 0 radical (unpaired) electrons. The van der Waals surface area contributed by atoms with E-state index < -0.39 is 0 Å². The summed E-state index contributed by atoms with van der Waals surface area (Å²) in [6, 6.07) is 21.0. The van der Waals surface area contributed by atoms with Gasteiger partial charge >= 0.3 is 0 Å². The molecule has 0 aliphatic heterocycles. The molecule has 0 bridgehead atoms. The van der Waals surface area contributed by atoms with Crippen molar-refractivity contribution in [3.05, 3.63) is 82.4 Å². The predicted octanol–water partition coefficient (Wildman–Crippen LogP) is 9.96. The van der Waals surface area contributed by atoms with Gasteiger partial charge in [-0.15, -0.1) is 0 Å². The van der Waals surface area contributed by atoms with Crippen LogP contribution in [-0.4, -0.2) is 0 Å². The van der Waals surface area contributed by atoms with Gasteiger partial charge < -0.3 is 0 Å². The monoisotopic (exact) mass is 446 g/mol. The molecule has 0 amide bonds. The lowest BCUT2D eigenvalue weighted by Gasteiger charge is -2.38. The van der Waals surface area contributed by atoms with Gasteiger partial charge in [0.05, 0.1) is 0 Å². The molecule has 0 saturated heterocycles. The van der Waals surface area contributed by atoms with Gasteiger partial charge in [0.15, 0.2) is 0 Å². The van der Waals surface area contributed by atoms with E-state index in [1.807, 2.05) is 0 Å². The number of hydrogen-bond acceptors (Lipinski definition) is 0. The standard InChI is InChI=1S/C34H38/c1-4-5-6-7-8-13-20-34-21-14-19-27-24(3)26-16-10-12-18-29(26)32(33(27)34)31-28-17-11-9-15-25(28)23(2)22-30(31)34/h9-12,15-18,22H,4-8,13-14,19-21H2,1-3H3. The Morgan fingerprint density at radius 1 is 0.735 bits per heavy atom. The van der Waals surface area contributed by atoms with E-state index in [1.165, 1.54) is 96.9 Å². The summed E-state index contributed by atoms with van der Waals surface area (Å²) in [5.41, 5.74) is 11.3. The Balaban J connectivity index is 1.62. The van der Waals surface area contributed by atoms with Crippen molar-refractivity contribution in [3.8, 4) is 11.1 Å². The van der Waals surface area contributed by atoms with Crippen LogP contribution in [0.4, 0.5) is 0 Å². The zero-order valence-electron chi connectivity index (χ0n) is 21.3. The number of unbranched alkanes of at least 4 members (excludes halogenated alkanes) is 5. The van der Waals surface area contributed by atoms with Gasteiger partial charge in [-0.2, -0.15) is 0 Å². The summed E-state index contributed by atoms with van der Waals surface area (Å²) in [7, 11) is 0. The van der Waals surface area contributed by atoms with Gasteiger partial charge in [0.2, 0.25) is 0 Å². The zero-order valence-corrected chi connectivity index (χ0v) is 21.3. The third-order valence-corrected chi connectivity index (χ3v) is 9.09. The fourth-order valence-electron chi connectivity index (χ4n) is 7.52. The Labute approximate surface area is 205 Å². The number of benzene rings is 4. The highest BCUT2D eigenvalue weighted by atomic mass is 14.5. The van der Waals surface area contributed by atoms with Crippen molar-refractivity contribution in [2.24, 2.45) is 0 Å². The average molecular weight is 447 g/mol. The highest BCUT2D eigenvalue weighted by molar-refractivity contribution is 6.13. The molecule has 0 N–H and O–H groups in total. The number of hydrogen-bond donors (Lipinski definition) is 0. The molecule has 0 heteroatoms. The Bertz CT molecular complexity index is 1390. The lowest BCUT2D eigenvalue weighted by Crippen LogP contribution is -2.30. The maximum atomic E-state index is 2.59. The van der Waals surface area contributed by atoms with Crippen LogP contribution in [0.2, 0.25) is 0 Å². The average Bonchev–Trinajstić information content (AvgIpc) is 3.16. The molecule has 0 saturated carbocycles. The summed E-state index contributed by atoms with van der Waals surface area (Å²) in [4.78, 5) is 0. The third kappa shape index (κ3) is 3.10. The second kappa shape index (κ2) is 8.56. The van der Waals surface area contributed by atoms with E-state index >= 15 is 0 Å². The second-order valence-electron chi connectivity index (χ2n) is 11.0. The van der Waals surface area contributed by atoms with Gasteiger partial charge in [0.1, 0.15) is 0 Å². The van der Waals surface area contributed by atoms with Crippen molar-refractivity contribution in [2.45, 2.75) is 90.4 Å². The van der Waals surface area contributed by atoms with Crippen LogP contribution in [0.3, 0.4) is 0 Å². The van der Waals surface area contributed by atoms with Crippen LogP contribution < -0.4 is 0 Å². The lowest BCUT2D eigenvalue weighted by atomic mass is 9.65. The van der Waals surface area contributed by atoms with Crippen LogP contribution in [0.1, 0.15) is 92.5 Å². The molecule has 1 atom stereocenters. The highest BCUT2D eigenvalue weighted by Gasteiger charge is 2.47. The van der Waals surface area contributed by atoms with E-state index in [1.54, 1.807) is 27.8 Å². The molecule has 0 heterocycles. The van der Waals surface area contributed by atoms with Gasteiger partial charge in [0.25, 0.3) is 0 Å². The molecule has 0 aromatic heterocycles. The van der Waals surface area contributed by atoms with Crippen LogP contribution >= 0.6 is 0 Å². The van der Waals surface area contributed by atoms with E-state index in [0.717, 1.165) is 0 Å². The lowest BCUT2D eigenvalue weighted by molar-refractivity contribution is 0.387. The summed E-state index contributed by atoms with van der Waals surface area (Å²) in [5, 5.41) is 5.82. The first-order chi connectivity index (χ1) is 16.7. The Hall–Kier alpha value is -2.60. The van der Waals surface area contributed by atoms with Crippen molar-refractivity contribution in [1.29, 1.82) is 0 Å². The van der Waals surface area contributed by atoms with Gasteiger partial charge in [-0.05, 0) is 100 Å². The molecule has 34 heavy (non-hydrogen) atoms. The van der Waals surface area contributed by atoms with E-state index in [4.69, 9.17) is 0 Å². The SMILES string of the molecule is CCCCCCCCC12CCCc3c1c(c1ccccc1c3C)-c1c2cc(C)c2ccccc12. The summed E-state index contributed by atoms with van der Waals surface area (Å²) in [6.07, 6.45) is 13.4. The Kier molecular flexibility index (Phi) is 5.51. The molecule has 6 rings (SSSR count). The topological polar surface area (TPSA) is 0 Å². The first kappa shape index (κ1) is 21.9. The molecular weight excluding hydrogens is 408 g/mol. The van der Waals surface area contributed by atoms with Crippen LogP contribution in [0.5, 0.6) is 0 Å². The predicted molar refractivity (Wildman–Crippen MR) is 148 cm³/mol.